The van der Waals surface area contributed by atoms with Crippen molar-refractivity contribution < 1.29 is 14.8 Å². The molecule has 0 saturated carbocycles. The van der Waals surface area contributed by atoms with E-state index in [0.717, 1.165) is 17.7 Å². The van der Waals surface area contributed by atoms with Gasteiger partial charge < -0.3 is 5.11 Å². The first-order chi connectivity index (χ1) is 10.5. The maximum Gasteiger partial charge on any atom is 0.269 e. The topological polar surface area (TPSA) is 83.3 Å². The molecule has 0 aliphatic heterocycles. The van der Waals surface area contributed by atoms with Crippen LogP contribution in [0, 0.1) is 10.1 Å². The number of nitro groups is 1. The monoisotopic (exact) mass is 298 g/mol. The molecule has 0 amide bonds. The fourth-order valence-corrected chi connectivity index (χ4v) is 2.29. The molecule has 0 N–H and O–H groups in total. The number of Topliss-reactive ketones (excluding diaryl/α,β-unsaturated/α-hetero) is 1. The minimum absolute atomic E-state index is 0.0959. The van der Waals surface area contributed by atoms with Crippen molar-refractivity contribution in [3.8, 4) is 5.75 Å². The smallest absolute Gasteiger partial charge is 0.269 e. The molecule has 2 aromatic carbocycles. The second-order valence-electron chi connectivity index (χ2n) is 5.15. The van der Waals surface area contributed by atoms with E-state index in [1.807, 2.05) is 30.3 Å². The molecule has 22 heavy (non-hydrogen) atoms. The number of benzene rings is 2. The Balaban J connectivity index is 2.10. The van der Waals surface area contributed by atoms with Crippen molar-refractivity contribution in [2.75, 3.05) is 0 Å². The Morgan fingerprint density at radius 2 is 1.86 bits per heavy atom. The first-order valence-corrected chi connectivity index (χ1v) is 7.01. The molecule has 0 aliphatic rings. The lowest BCUT2D eigenvalue weighted by atomic mass is 9.92. The summed E-state index contributed by atoms with van der Waals surface area (Å²) >= 11 is 0. The van der Waals surface area contributed by atoms with E-state index in [9.17, 15) is 20.0 Å². The van der Waals surface area contributed by atoms with Crippen LogP contribution < -0.4 is 5.11 Å². The largest absolute Gasteiger partial charge is 0.872 e. The lowest BCUT2D eigenvalue weighted by molar-refractivity contribution is -0.385. The molecule has 0 bridgehead atoms. The highest BCUT2D eigenvalue weighted by Gasteiger charge is 2.18. The zero-order valence-electron chi connectivity index (χ0n) is 12.2. The number of non-ortho nitro benzene ring substituents is 1. The van der Waals surface area contributed by atoms with Gasteiger partial charge in [-0.15, -0.1) is 5.75 Å². The third-order valence-corrected chi connectivity index (χ3v) is 3.66. The van der Waals surface area contributed by atoms with Gasteiger partial charge in [0, 0.05) is 24.5 Å². The molecule has 0 fully saturated rings. The highest BCUT2D eigenvalue weighted by molar-refractivity contribution is 5.86. The number of nitro benzene ring substituents is 1. The van der Waals surface area contributed by atoms with Crippen LogP contribution in [0.15, 0.2) is 48.5 Å². The lowest BCUT2D eigenvalue weighted by Crippen LogP contribution is -2.12. The zero-order chi connectivity index (χ0) is 16.1. The second kappa shape index (κ2) is 6.85. The number of rotatable bonds is 6. The molecule has 0 spiro atoms. The Morgan fingerprint density at radius 1 is 1.18 bits per heavy atom. The maximum absolute atomic E-state index is 12.2. The van der Waals surface area contributed by atoms with Gasteiger partial charge in [-0.2, -0.15) is 0 Å². The van der Waals surface area contributed by atoms with Crippen molar-refractivity contribution in [1.82, 2.24) is 0 Å². The van der Waals surface area contributed by atoms with Gasteiger partial charge in [0.2, 0.25) is 0 Å². The predicted octanol–water partition coefficient (Wildman–Crippen LogP) is 2.97. The molecule has 0 saturated heterocycles. The number of carbonyl (C=O) groups is 1. The SMILES string of the molecule is CC(C(=O)CCc1ccccc1)c1cc([N+](=O)[O-])ccc1[O-]. The van der Waals surface area contributed by atoms with Crippen molar-refractivity contribution in [3.63, 3.8) is 0 Å². The number of hydrogen-bond donors (Lipinski definition) is 0. The average Bonchev–Trinajstić information content (AvgIpc) is 2.53. The molecule has 2 aromatic rings. The third-order valence-electron chi connectivity index (χ3n) is 3.66. The van der Waals surface area contributed by atoms with E-state index in [4.69, 9.17) is 0 Å². The fraction of sp³-hybridized carbons (Fsp3) is 0.235. The van der Waals surface area contributed by atoms with E-state index < -0.39 is 10.8 Å². The van der Waals surface area contributed by atoms with Crippen LogP contribution in [0.5, 0.6) is 5.75 Å². The van der Waals surface area contributed by atoms with Crippen LogP contribution in [0.25, 0.3) is 0 Å². The zero-order valence-corrected chi connectivity index (χ0v) is 12.2. The van der Waals surface area contributed by atoms with Crippen LogP contribution in [0.1, 0.15) is 30.4 Å². The summed E-state index contributed by atoms with van der Waals surface area (Å²) in [6.45, 7) is 1.62. The van der Waals surface area contributed by atoms with E-state index in [1.165, 1.54) is 6.07 Å². The summed E-state index contributed by atoms with van der Waals surface area (Å²) in [6.07, 6.45) is 0.889. The minimum Gasteiger partial charge on any atom is -0.872 e. The molecule has 1 atom stereocenters. The van der Waals surface area contributed by atoms with Crippen LogP contribution in [-0.2, 0) is 11.2 Å². The summed E-state index contributed by atoms with van der Waals surface area (Å²) in [5, 5.41) is 22.6. The van der Waals surface area contributed by atoms with Crippen molar-refractivity contribution in [3.05, 3.63) is 69.8 Å². The highest BCUT2D eigenvalue weighted by Crippen LogP contribution is 2.29. The van der Waals surface area contributed by atoms with Gasteiger partial charge in [-0.25, -0.2) is 0 Å². The fourth-order valence-electron chi connectivity index (χ4n) is 2.29. The van der Waals surface area contributed by atoms with Crippen LogP contribution in [-0.4, -0.2) is 10.7 Å². The Bertz CT molecular complexity index is 682. The lowest BCUT2D eigenvalue weighted by Gasteiger charge is -2.18. The first-order valence-electron chi connectivity index (χ1n) is 7.01. The molecular weight excluding hydrogens is 282 g/mol. The molecule has 0 heterocycles. The van der Waals surface area contributed by atoms with Gasteiger partial charge in [0.1, 0.15) is 5.78 Å². The van der Waals surface area contributed by atoms with E-state index in [1.54, 1.807) is 6.92 Å². The van der Waals surface area contributed by atoms with E-state index >= 15 is 0 Å². The molecule has 1 unspecified atom stereocenters. The summed E-state index contributed by atoms with van der Waals surface area (Å²) in [4.78, 5) is 22.5. The van der Waals surface area contributed by atoms with Crippen LogP contribution in [0.2, 0.25) is 0 Å². The number of aryl methyl sites for hydroxylation is 1. The Hall–Kier alpha value is -2.69. The van der Waals surface area contributed by atoms with Gasteiger partial charge in [-0.05, 0) is 17.5 Å². The molecular formula is C17H16NO4-. The van der Waals surface area contributed by atoms with E-state index in [-0.39, 0.29) is 22.8 Å². The molecule has 5 heteroatoms. The highest BCUT2D eigenvalue weighted by atomic mass is 16.6. The second-order valence-corrected chi connectivity index (χ2v) is 5.15. The number of carbonyl (C=O) groups excluding carboxylic acids is 1. The predicted molar refractivity (Wildman–Crippen MR) is 80.7 cm³/mol. The Kier molecular flexibility index (Phi) is 4.88. The van der Waals surface area contributed by atoms with Crippen molar-refractivity contribution in [2.24, 2.45) is 0 Å². The molecule has 5 nitrogen and oxygen atoms in total. The van der Waals surface area contributed by atoms with Gasteiger partial charge >= 0.3 is 0 Å². The molecule has 0 aliphatic carbocycles. The minimum atomic E-state index is -0.642. The van der Waals surface area contributed by atoms with Gasteiger partial charge in [0.25, 0.3) is 5.69 Å². The van der Waals surface area contributed by atoms with Gasteiger partial charge in [0.15, 0.2) is 0 Å². The van der Waals surface area contributed by atoms with Crippen LogP contribution in [0.4, 0.5) is 5.69 Å². The van der Waals surface area contributed by atoms with E-state index in [0.29, 0.717) is 12.8 Å². The van der Waals surface area contributed by atoms with E-state index in [2.05, 4.69) is 0 Å². The summed E-state index contributed by atoms with van der Waals surface area (Å²) < 4.78 is 0. The van der Waals surface area contributed by atoms with Gasteiger partial charge in [0.05, 0.1) is 4.92 Å². The Morgan fingerprint density at radius 3 is 2.50 bits per heavy atom. The number of nitrogens with zero attached hydrogens (tertiary/aromatic N) is 1. The quantitative estimate of drug-likeness (QED) is 0.606. The first kappa shape index (κ1) is 15.7. The number of hydrogen-bond acceptors (Lipinski definition) is 4. The molecule has 0 radical (unpaired) electrons. The normalized spacial score (nSPS) is 11.9. The van der Waals surface area contributed by atoms with Crippen molar-refractivity contribution >= 4 is 11.5 Å². The molecule has 0 aromatic heterocycles. The van der Waals surface area contributed by atoms with Gasteiger partial charge in [-0.3, -0.25) is 14.9 Å². The third kappa shape index (κ3) is 3.69. The standard InChI is InChI=1S/C17H17NO4/c1-12(15-11-14(18(21)22)8-10-17(15)20)16(19)9-7-13-5-3-2-4-6-13/h2-6,8,10-12,20H,7,9H2,1H3/p-1. The average molecular weight is 298 g/mol. The van der Waals surface area contributed by atoms with Crippen LogP contribution in [0.3, 0.4) is 0 Å². The number of ketones is 1. The van der Waals surface area contributed by atoms with Gasteiger partial charge in [-0.1, -0.05) is 43.3 Å². The Labute approximate surface area is 128 Å². The maximum atomic E-state index is 12.2. The summed E-state index contributed by atoms with van der Waals surface area (Å²) in [5.41, 5.74) is 1.06. The molecule has 2 rings (SSSR count). The molecule has 114 valence electrons. The summed E-state index contributed by atoms with van der Waals surface area (Å²) in [6, 6.07) is 13.1. The van der Waals surface area contributed by atoms with Crippen molar-refractivity contribution in [2.45, 2.75) is 25.7 Å². The summed E-state index contributed by atoms with van der Waals surface area (Å²) in [5.74, 6) is -1.08. The van der Waals surface area contributed by atoms with Crippen LogP contribution >= 0.6 is 0 Å². The van der Waals surface area contributed by atoms with Crippen molar-refractivity contribution in [1.29, 1.82) is 0 Å². The summed E-state index contributed by atoms with van der Waals surface area (Å²) in [7, 11) is 0.